The number of carbonyl (C=O) groups is 2. The molecule has 152 valence electrons. The molecule has 1 aromatic rings. The van der Waals surface area contributed by atoms with Gasteiger partial charge < -0.3 is 9.47 Å². The Bertz CT molecular complexity index is 790. The number of carbonyl (C=O) groups excluding carboxylic acids is 2. The number of amides is 2. The Labute approximate surface area is 166 Å². The number of fused-ring (bicyclic) bond motifs is 1. The minimum Gasteiger partial charge on any atom is -0.348 e. The molecule has 2 heterocycles. The van der Waals surface area contributed by atoms with Crippen molar-refractivity contribution in [3.8, 4) is 0 Å². The molecule has 6 nitrogen and oxygen atoms in total. The molecule has 0 atom stereocenters. The number of rotatable bonds is 2. The summed E-state index contributed by atoms with van der Waals surface area (Å²) >= 11 is 0. The van der Waals surface area contributed by atoms with Crippen molar-refractivity contribution in [2.45, 2.75) is 65.5 Å². The third kappa shape index (κ3) is 2.88. The topological polar surface area (TPSA) is 74.6 Å². The van der Waals surface area contributed by atoms with Crippen molar-refractivity contribution >= 4 is 11.8 Å². The lowest BCUT2D eigenvalue weighted by Crippen LogP contribution is -2.55. The molecule has 4 bridgehead atoms. The van der Waals surface area contributed by atoms with E-state index in [9.17, 15) is 9.59 Å². The van der Waals surface area contributed by atoms with Crippen LogP contribution in [0.1, 0.15) is 68.4 Å². The second-order valence-electron chi connectivity index (χ2n) is 10.8. The fraction of sp³-hybridized carbons (Fsp3) is 0.727. The molecular formula is C22H31N3O3. The number of hydrogen-bond donors (Lipinski definition) is 2. The van der Waals surface area contributed by atoms with Gasteiger partial charge in [0.05, 0.1) is 17.5 Å². The third-order valence-corrected chi connectivity index (χ3v) is 7.70. The summed E-state index contributed by atoms with van der Waals surface area (Å²) in [5.41, 5.74) is 2.92. The smallest absolute Gasteiger partial charge is 0.276 e. The maximum atomic E-state index is 13.9. The van der Waals surface area contributed by atoms with Crippen molar-refractivity contribution in [1.82, 2.24) is 14.9 Å². The quantitative estimate of drug-likeness (QED) is 0.606. The van der Waals surface area contributed by atoms with Crippen LogP contribution in [0.5, 0.6) is 0 Å². The summed E-state index contributed by atoms with van der Waals surface area (Å²) in [5.74, 6) is 2.09. The maximum absolute atomic E-state index is 13.9. The van der Waals surface area contributed by atoms with Gasteiger partial charge in [0, 0.05) is 30.4 Å². The largest absolute Gasteiger partial charge is 0.348 e. The highest BCUT2D eigenvalue weighted by atomic mass is 16.5. The molecule has 1 aromatic heterocycles. The van der Waals surface area contributed by atoms with Crippen molar-refractivity contribution < 1.29 is 14.8 Å². The summed E-state index contributed by atoms with van der Waals surface area (Å²) in [6, 6.07) is 1.81. The van der Waals surface area contributed by atoms with E-state index in [4.69, 9.17) is 5.21 Å². The monoisotopic (exact) mass is 385 g/mol. The molecule has 0 spiro atoms. The van der Waals surface area contributed by atoms with Gasteiger partial charge in [-0.1, -0.05) is 13.8 Å². The number of hydrogen-bond acceptors (Lipinski definition) is 3. The van der Waals surface area contributed by atoms with E-state index >= 15 is 0 Å². The van der Waals surface area contributed by atoms with Crippen LogP contribution in [0.25, 0.3) is 0 Å². The molecule has 1 aliphatic heterocycles. The van der Waals surface area contributed by atoms with Crippen LogP contribution >= 0.6 is 0 Å². The van der Waals surface area contributed by atoms with Crippen molar-refractivity contribution in [3.05, 3.63) is 23.5 Å². The van der Waals surface area contributed by atoms with Gasteiger partial charge in [-0.25, -0.2) is 5.48 Å². The van der Waals surface area contributed by atoms with Crippen LogP contribution < -0.4 is 5.48 Å². The fourth-order valence-corrected chi connectivity index (χ4v) is 7.15. The molecule has 6 rings (SSSR count). The van der Waals surface area contributed by atoms with E-state index in [-0.39, 0.29) is 10.8 Å². The van der Waals surface area contributed by atoms with Gasteiger partial charge in [-0.3, -0.25) is 14.8 Å². The molecule has 6 heteroatoms. The lowest BCUT2D eigenvalue weighted by Gasteiger charge is -2.56. The summed E-state index contributed by atoms with van der Waals surface area (Å²) < 4.78 is 2.08. The predicted molar refractivity (Wildman–Crippen MR) is 103 cm³/mol. The van der Waals surface area contributed by atoms with E-state index in [0.29, 0.717) is 18.0 Å². The van der Waals surface area contributed by atoms with E-state index < -0.39 is 5.91 Å². The van der Waals surface area contributed by atoms with Gasteiger partial charge in [-0.15, -0.1) is 0 Å². The second kappa shape index (κ2) is 6.09. The normalized spacial score (nSPS) is 35.4. The molecule has 0 saturated heterocycles. The first kappa shape index (κ1) is 18.2. The highest BCUT2D eigenvalue weighted by molar-refractivity contribution is 5.93. The van der Waals surface area contributed by atoms with Crippen LogP contribution in [-0.4, -0.2) is 33.0 Å². The Kier molecular flexibility index (Phi) is 3.96. The second-order valence-corrected chi connectivity index (χ2v) is 10.8. The first-order chi connectivity index (χ1) is 13.3. The first-order valence-electron chi connectivity index (χ1n) is 10.7. The minimum atomic E-state index is -0.502. The van der Waals surface area contributed by atoms with Gasteiger partial charge in [0.1, 0.15) is 0 Å². The minimum absolute atomic E-state index is 0.0742. The number of nitrogens with one attached hydrogen (secondary N) is 1. The Balaban J connectivity index is 1.45. The average Bonchev–Trinajstić information content (AvgIpc) is 2.94. The zero-order valence-electron chi connectivity index (χ0n) is 16.9. The summed E-state index contributed by atoms with van der Waals surface area (Å²) in [7, 11) is 0. The van der Waals surface area contributed by atoms with E-state index in [1.807, 2.05) is 6.07 Å². The van der Waals surface area contributed by atoms with Gasteiger partial charge >= 0.3 is 0 Å². The summed E-state index contributed by atoms with van der Waals surface area (Å²) in [4.78, 5) is 27.8. The first-order valence-corrected chi connectivity index (χ1v) is 10.7. The lowest BCUT2D eigenvalue weighted by atomic mass is 9.49. The van der Waals surface area contributed by atoms with Crippen molar-refractivity contribution in [2.24, 2.45) is 28.6 Å². The average molecular weight is 386 g/mol. The summed E-state index contributed by atoms with van der Waals surface area (Å²) in [6.45, 7) is 6.42. The van der Waals surface area contributed by atoms with Gasteiger partial charge in [-0.05, 0) is 62.3 Å². The lowest BCUT2D eigenvalue weighted by molar-refractivity contribution is -0.159. The molecule has 0 aromatic carbocycles. The summed E-state index contributed by atoms with van der Waals surface area (Å²) in [5, 5.41) is 8.97. The summed E-state index contributed by atoms with van der Waals surface area (Å²) in [6.07, 6.45) is 9.03. The zero-order chi connectivity index (χ0) is 19.7. The van der Waals surface area contributed by atoms with E-state index in [1.54, 1.807) is 11.7 Å². The number of nitrogens with zero attached hydrogens (tertiary/aromatic N) is 2. The van der Waals surface area contributed by atoms with E-state index in [0.717, 1.165) is 55.8 Å². The molecule has 5 aliphatic rings. The zero-order valence-corrected chi connectivity index (χ0v) is 16.9. The molecular weight excluding hydrogens is 354 g/mol. The molecule has 0 radical (unpaired) electrons. The SMILES string of the molecule is CC1(C)CN(C(=O)C23CC4CC(CC(C4)C2)C3)Cc2cc(C(=O)NO)cn2C1. The van der Waals surface area contributed by atoms with Crippen LogP contribution in [0.3, 0.4) is 0 Å². The molecule has 4 aliphatic carbocycles. The predicted octanol–water partition coefficient (Wildman–Crippen LogP) is 3.19. The van der Waals surface area contributed by atoms with Crippen LogP contribution in [0.15, 0.2) is 12.3 Å². The highest BCUT2D eigenvalue weighted by Gasteiger charge is 2.56. The van der Waals surface area contributed by atoms with Crippen LogP contribution in [0.4, 0.5) is 0 Å². The molecule has 0 unspecified atom stereocenters. The van der Waals surface area contributed by atoms with Gasteiger partial charge in [0.2, 0.25) is 5.91 Å². The van der Waals surface area contributed by atoms with Gasteiger partial charge in [0.15, 0.2) is 0 Å². The Morgan fingerprint density at radius 2 is 1.68 bits per heavy atom. The molecule has 2 amide bonds. The van der Waals surface area contributed by atoms with Gasteiger partial charge in [0.25, 0.3) is 5.91 Å². The Morgan fingerprint density at radius 1 is 1.07 bits per heavy atom. The highest BCUT2D eigenvalue weighted by Crippen LogP contribution is 2.60. The van der Waals surface area contributed by atoms with Crippen molar-refractivity contribution in [1.29, 1.82) is 0 Å². The Morgan fingerprint density at radius 3 is 2.25 bits per heavy atom. The third-order valence-electron chi connectivity index (χ3n) is 7.70. The van der Waals surface area contributed by atoms with E-state index in [1.165, 1.54) is 19.3 Å². The maximum Gasteiger partial charge on any atom is 0.276 e. The molecule has 4 saturated carbocycles. The van der Waals surface area contributed by atoms with Crippen LogP contribution in [-0.2, 0) is 17.9 Å². The number of hydroxylamine groups is 1. The molecule has 2 N–H and O–H groups in total. The standard InChI is InChI=1S/C22H31N3O3/c1-21(2)12-24-10-17(19(26)23-28)6-18(24)11-25(13-21)20(27)22-7-14-3-15(8-22)5-16(4-14)9-22/h6,10,14-16,28H,3-5,7-9,11-13H2,1-2H3,(H,23,26). The Hall–Kier alpha value is -1.82. The van der Waals surface area contributed by atoms with Crippen molar-refractivity contribution in [2.75, 3.05) is 6.54 Å². The number of aromatic nitrogens is 1. The molecule has 28 heavy (non-hydrogen) atoms. The van der Waals surface area contributed by atoms with E-state index in [2.05, 4.69) is 23.3 Å². The molecule has 4 fully saturated rings. The van der Waals surface area contributed by atoms with Crippen LogP contribution in [0, 0.1) is 28.6 Å². The van der Waals surface area contributed by atoms with Gasteiger partial charge in [-0.2, -0.15) is 0 Å². The van der Waals surface area contributed by atoms with Crippen LogP contribution in [0.2, 0.25) is 0 Å². The van der Waals surface area contributed by atoms with Crippen molar-refractivity contribution in [3.63, 3.8) is 0 Å². The fourth-order valence-electron chi connectivity index (χ4n) is 7.15.